The highest BCUT2D eigenvalue weighted by Gasteiger charge is 2.29. The third kappa shape index (κ3) is 2.64. The van der Waals surface area contributed by atoms with Crippen molar-refractivity contribution in [3.8, 4) is 0 Å². The van der Waals surface area contributed by atoms with Crippen LogP contribution in [0.2, 0.25) is 0 Å². The quantitative estimate of drug-likeness (QED) is 0.814. The largest absolute Gasteiger partial charge is 0.461 e. The molecule has 112 valence electrons. The van der Waals surface area contributed by atoms with Crippen LogP contribution in [0.5, 0.6) is 0 Å². The summed E-state index contributed by atoms with van der Waals surface area (Å²) in [7, 11) is 0. The van der Waals surface area contributed by atoms with Crippen LogP contribution in [0.25, 0.3) is 5.65 Å². The zero-order chi connectivity index (χ0) is 15.2. The molecule has 0 amide bonds. The molecule has 1 aliphatic carbocycles. The normalized spacial score (nSPS) is 15.4. The van der Waals surface area contributed by atoms with Crippen molar-refractivity contribution in [1.29, 1.82) is 0 Å². The molecule has 1 fully saturated rings. The van der Waals surface area contributed by atoms with Gasteiger partial charge in [-0.1, -0.05) is 20.8 Å². The summed E-state index contributed by atoms with van der Waals surface area (Å²) < 4.78 is 6.77. The summed E-state index contributed by atoms with van der Waals surface area (Å²) in [4.78, 5) is 16.9. The molecule has 0 bridgehead atoms. The van der Waals surface area contributed by atoms with Crippen LogP contribution in [0, 0.1) is 0 Å². The Balaban J connectivity index is 2.17. The van der Waals surface area contributed by atoms with Crippen molar-refractivity contribution in [3.63, 3.8) is 0 Å². The summed E-state index contributed by atoms with van der Waals surface area (Å²) in [6, 6.07) is 3.80. The summed E-state index contributed by atoms with van der Waals surface area (Å²) in [5, 5.41) is 4.56. The third-order valence-corrected chi connectivity index (χ3v) is 3.70. The average Bonchev–Trinajstić information content (AvgIpc) is 3.15. The first kappa shape index (κ1) is 14.0. The van der Waals surface area contributed by atoms with Crippen LogP contribution in [-0.2, 0) is 10.2 Å². The van der Waals surface area contributed by atoms with E-state index in [9.17, 15) is 4.79 Å². The summed E-state index contributed by atoms with van der Waals surface area (Å²) >= 11 is 0. The zero-order valence-corrected chi connectivity index (χ0v) is 13.0. The molecule has 0 saturated heterocycles. The molecule has 0 unspecified atom stereocenters. The minimum absolute atomic E-state index is 0.0840. The Morgan fingerprint density at radius 3 is 2.67 bits per heavy atom. The van der Waals surface area contributed by atoms with Crippen LogP contribution in [0.4, 0.5) is 0 Å². The maximum absolute atomic E-state index is 12.2. The second-order valence-corrected chi connectivity index (χ2v) is 6.61. The Hall–Kier alpha value is -1.91. The summed E-state index contributed by atoms with van der Waals surface area (Å²) in [6.45, 7) is 8.46. The summed E-state index contributed by atoms with van der Waals surface area (Å²) in [5.74, 6) is 0.145. The van der Waals surface area contributed by atoms with Gasteiger partial charge in [0, 0.05) is 23.1 Å². The second-order valence-electron chi connectivity index (χ2n) is 6.61. The first-order valence-corrected chi connectivity index (χ1v) is 7.48. The van der Waals surface area contributed by atoms with Crippen molar-refractivity contribution >= 4 is 11.6 Å². The monoisotopic (exact) mass is 287 g/mol. The highest BCUT2D eigenvalue weighted by Crippen LogP contribution is 2.39. The van der Waals surface area contributed by atoms with Crippen molar-refractivity contribution < 1.29 is 9.53 Å². The van der Waals surface area contributed by atoms with E-state index in [1.54, 1.807) is 4.52 Å². The molecule has 2 heterocycles. The molecule has 5 heteroatoms. The number of esters is 1. The van der Waals surface area contributed by atoms with Gasteiger partial charge in [0.25, 0.3) is 0 Å². The summed E-state index contributed by atoms with van der Waals surface area (Å²) in [5.41, 5.74) is 3.02. The molecule has 5 nitrogen and oxygen atoms in total. The average molecular weight is 287 g/mol. The predicted molar refractivity (Wildman–Crippen MR) is 79.6 cm³/mol. The molecule has 0 aliphatic heterocycles. The van der Waals surface area contributed by atoms with E-state index in [0.717, 1.165) is 29.9 Å². The number of rotatable bonds is 3. The van der Waals surface area contributed by atoms with Crippen molar-refractivity contribution in [2.24, 2.45) is 0 Å². The smallest absolute Gasteiger partial charge is 0.357 e. The Kier molecular flexibility index (Phi) is 3.23. The van der Waals surface area contributed by atoms with Crippen LogP contribution >= 0.6 is 0 Å². The predicted octanol–water partition coefficient (Wildman–Crippen LogP) is 3.08. The van der Waals surface area contributed by atoms with E-state index >= 15 is 0 Å². The van der Waals surface area contributed by atoms with Gasteiger partial charge in [0.1, 0.15) is 0 Å². The number of hydrogen-bond donors (Lipinski definition) is 0. The van der Waals surface area contributed by atoms with Crippen LogP contribution in [0.15, 0.2) is 12.1 Å². The van der Waals surface area contributed by atoms with Gasteiger partial charge in [-0.25, -0.2) is 14.3 Å². The van der Waals surface area contributed by atoms with Gasteiger partial charge < -0.3 is 4.74 Å². The van der Waals surface area contributed by atoms with E-state index in [1.165, 1.54) is 0 Å². The van der Waals surface area contributed by atoms with Gasteiger partial charge in [-0.05, 0) is 25.8 Å². The highest BCUT2D eigenvalue weighted by atomic mass is 16.5. The van der Waals surface area contributed by atoms with Gasteiger partial charge in [0.15, 0.2) is 11.3 Å². The zero-order valence-electron chi connectivity index (χ0n) is 13.0. The molecule has 3 rings (SSSR count). The van der Waals surface area contributed by atoms with Gasteiger partial charge in [-0.3, -0.25) is 0 Å². The van der Waals surface area contributed by atoms with Crippen molar-refractivity contribution in [3.05, 3.63) is 29.2 Å². The minimum atomic E-state index is -0.338. The highest BCUT2D eigenvalue weighted by molar-refractivity contribution is 5.88. The topological polar surface area (TPSA) is 56.5 Å². The molecule has 21 heavy (non-hydrogen) atoms. The summed E-state index contributed by atoms with van der Waals surface area (Å²) in [6.07, 6.45) is 2.29. The number of fused-ring (bicyclic) bond motifs is 1. The lowest BCUT2D eigenvalue weighted by molar-refractivity contribution is 0.0515. The van der Waals surface area contributed by atoms with Crippen molar-refractivity contribution in [2.45, 2.75) is 51.9 Å². The molecular formula is C16H21N3O2. The fraction of sp³-hybridized carbons (Fsp3) is 0.562. The lowest BCUT2D eigenvalue weighted by Crippen LogP contribution is -2.15. The minimum Gasteiger partial charge on any atom is -0.461 e. The molecule has 0 radical (unpaired) electrons. The molecule has 0 spiro atoms. The van der Waals surface area contributed by atoms with E-state index in [0.29, 0.717) is 18.2 Å². The Morgan fingerprint density at radius 1 is 1.38 bits per heavy atom. The van der Waals surface area contributed by atoms with E-state index in [2.05, 4.69) is 30.9 Å². The maximum atomic E-state index is 12.2. The first-order valence-electron chi connectivity index (χ1n) is 7.48. The van der Waals surface area contributed by atoms with Gasteiger partial charge in [0.05, 0.1) is 12.3 Å². The van der Waals surface area contributed by atoms with Gasteiger partial charge in [0.2, 0.25) is 0 Å². The van der Waals surface area contributed by atoms with Crippen LogP contribution < -0.4 is 0 Å². The van der Waals surface area contributed by atoms with Crippen LogP contribution in [-0.4, -0.2) is 27.2 Å². The van der Waals surface area contributed by atoms with E-state index in [4.69, 9.17) is 4.74 Å². The molecule has 0 atom stereocenters. The Bertz CT molecular complexity index is 693. The lowest BCUT2D eigenvalue weighted by Gasteiger charge is -2.13. The second kappa shape index (κ2) is 4.83. The Morgan fingerprint density at radius 2 is 2.10 bits per heavy atom. The third-order valence-electron chi connectivity index (χ3n) is 3.70. The number of ether oxygens (including phenoxy) is 1. The molecule has 0 aromatic carbocycles. The van der Waals surface area contributed by atoms with Crippen molar-refractivity contribution in [1.82, 2.24) is 14.6 Å². The van der Waals surface area contributed by atoms with Crippen molar-refractivity contribution in [2.75, 3.05) is 6.61 Å². The first-order chi connectivity index (χ1) is 9.90. The number of nitrogens with zero attached hydrogens (tertiary/aromatic N) is 3. The molecule has 2 aromatic rings. The van der Waals surface area contributed by atoms with E-state index < -0.39 is 0 Å². The Labute approximate surface area is 124 Å². The fourth-order valence-electron chi connectivity index (χ4n) is 2.30. The number of carbonyl (C=O) groups is 1. The van der Waals surface area contributed by atoms with E-state index in [-0.39, 0.29) is 11.4 Å². The van der Waals surface area contributed by atoms with Crippen LogP contribution in [0.3, 0.4) is 0 Å². The SMILES string of the molecule is CCOC(=O)c1cc(C2CC2)nc2cc(C(C)(C)C)nn12. The molecule has 1 aliphatic rings. The fourth-order valence-corrected chi connectivity index (χ4v) is 2.30. The number of aromatic nitrogens is 3. The van der Waals surface area contributed by atoms with Gasteiger partial charge in [-0.2, -0.15) is 5.10 Å². The van der Waals surface area contributed by atoms with Gasteiger partial charge >= 0.3 is 5.97 Å². The molecule has 0 N–H and O–H groups in total. The number of hydrogen-bond acceptors (Lipinski definition) is 4. The van der Waals surface area contributed by atoms with Crippen LogP contribution in [0.1, 0.15) is 68.3 Å². The lowest BCUT2D eigenvalue weighted by atomic mass is 9.93. The van der Waals surface area contributed by atoms with Gasteiger partial charge in [-0.15, -0.1) is 0 Å². The molecular weight excluding hydrogens is 266 g/mol. The molecule has 2 aromatic heterocycles. The standard InChI is InChI=1S/C16H21N3O2/c1-5-21-15(20)12-8-11(10-6-7-10)17-14-9-13(16(2,3)4)18-19(12)14/h8-10H,5-7H2,1-4H3. The van der Waals surface area contributed by atoms with E-state index in [1.807, 2.05) is 19.1 Å². The molecule has 1 saturated carbocycles. The number of carbonyl (C=O) groups excluding carboxylic acids is 1. The maximum Gasteiger partial charge on any atom is 0.357 e.